The number of rotatable bonds is 7. The predicted octanol–water partition coefficient (Wildman–Crippen LogP) is 1.76. The summed E-state index contributed by atoms with van der Waals surface area (Å²) in [4.78, 5) is 13.4. The monoisotopic (exact) mass is 523 g/mol. The van der Waals surface area contributed by atoms with E-state index in [0.29, 0.717) is 11.3 Å². The predicted molar refractivity (Wildman–Crippen MR) is 106 cm³/mol. The minimum absolute atomic E-state index is 0. The molecule has 3 rings (SSSR count). The summed E-state index contributed by atoms with van der Waals surface area (Å²) in [5.74, 6) is -0.928. The molecule has 2 aliphatic rings. The average Bonchev–Trinajstić information content (AvgIpc) is 3.17. The van der Waals surface area contributed by atoms with Crippen molar-refractivity contribution in [3.63, 3.8) is 0 Å². The van der Waals surface area contributed by atoms with E-state index in [1.807, 2.05) is 0 Å². The number of nitrogens with zero attached hydrogens (tertiary/aromatic N) is 1. The van der Waals surface area contributed by atoms with Crippen LogP contribution in [0.25, 0.3) is 0 Å². The summed E-state index contributed by atoms with van der Waals surface area (Å²) in [6, 6.07) is 6.53. The summed E-state index contributed by atoms with van der Waals surface area (Å²) >= 11 is 0. The van der Waals surface area contributed by atoms with Gasteiger partial charge in [0.2, 0.25) is 6.10 Å². The maximum absolute atomic E-state index is 13.4. The van der Waals surface area contributed by atoms with Crippen LogP contribution in [0.5, 0.6) is 5.75 Å². The van der Waals surface area contributed by atoms with Gasteiger partial charge in [0.1, 0.15) is 5.75 Å². The number of carbonyl (C=O) groups is 1. The van der Waals surface area contributed by atoms with Crippen LogP contribution in [0.15, 0.2) is 24.3 Å². The maximum atomic E-state index is 13.4. The minimum Gasteiger partial charge on any atom is -0.497 e. The van der Waals surface area contributed by atoms with Gasteiger partial charge in [0.05, 0.1) is 25.9 Å². The van der Waals surface area contributed by atoms with E-state index in [9.17, 15) is 30.9 Å². The molecule has 0 bridgehead atoms. The van der Waals surface area contributed by atoms with E-state index in [-0.39, 0.29) is 90.3 Å². The summed E-state index contributed by atoms with van der Waals surface area (Å²) in [5.41, 5.74) is -0.386. The third-order valence-corrected chi connectivity index (χ3v) is 6.01. The van der Waals surface area contributed by atoms with E-state index in [2.05, 4.69) is 4.74 Å². The van der Waals surface area contributed by atoms with E-state index >= 15 is 0 Å². The second kappa shape index (κ2) is 12.2. The van der Waals surface area contributed by atoms with Gasteiger partial charge in [-0.25, -0.2) is 4.79 Å². The van der Waals surface area contributed by atoms with E-state index in [1.54, 1.807) is 24.3 Å². The number of benzene rings is 1. The quantitative estimate of drug-likeness (QED) is 0.403. The van der Waals surface area contributed by atoms with Gasteiger partial charge in [-0.15, -0.1) is 0 Å². The maximum Gasteiger partial charge on any atom is 1.00 e. The SMILES string of the molecule is COc1ccc(COC[C@@H](OC(=O)N2CCC3(CC2)CC([B-](F)(F)F)CO3)C(F)(F)F)cc1.[K+]. The van der Waals surface area contributed by atoms with Gasteiger partial charge >= 0.3 is 70.6 Å². The van der Waals surface area contributed by atoms with Crippen LogP contribution >= 0.6 is 0 Å². The molecule has 1 aromatic rings. The van der Waals surface area contributed by atoms with Gasteiger partial charge in [0, 0.05) is 19.7 Å². The number of alkyl halides is 3. The smallest absolute Gasteiger partial charge is 0.497 e. The molecular formula is C20H25BF6KNO5. The molecule has 0 N–H and O–H groups in total. The van der Waals surface area contributed by atoms with Crippen molar-refractivity contribution >= 4 is 13.1 Å². The fraction of sp³-hybridized carbons (Fsp3) is 0.650. The molecule has 1 amide bonds. The normalized spacial score (nSPS) is 21.1. The molecule has 14 heteroatoms. The molecule has 2 atom stereocenters. The third-order valence-electron chi connectivity index (χ3n) is 6.01. The Morgan fingerprint density at radius 2 is 1.82 bits per heavy atom. The number of hydrogen-bond donors (Lipinski definition) is 0. The zero-order valence-corrected chi connectivity index (χ0v) is 22.1. The number of carbonyl (C=O) groups excluding carboxylic acids is 1. The van der Waals surface area contributed by atoms with Crippen LogP contribution in [-0.2, 0) is 20.8 Å². The first-order chi connectivity index (χ1) is 15.4. The first kappa shape index (κ1) is 29.7. The first-order valence-corrected chi connectivity index (χ1v) is 10.5. The third kappa shape index (κ3) is 8.00. The average molecular weight is 523 g/mol. The minimum atomic E-state index is -5.03. The fourth-order valence-electron chi connectivity index (χ4n) is 3.96. The van der Waals surface area contributed by atoms with E-state index in [1.165, 1.54) is 7.11 Å². The van der Waals surface area contributed by atoms with Gasteiger partial charge in [0.25, 0.3) is 0 Å². The van der Waals surface area contributed by atoms with Crippen LogP contribution in [0, 0.1) is 0 Å². The standard InChI is InChI=1S/C20H25BF6NO5.K/c1-30-16-4-2-14(3-5-16)11-31-13-17(20(22,23)24)33-18(29)28-8-6-19(7-9-28)10-15(12-32-19)21(25,26)27;/h2-5,15,17H,6-13H2,1H3;/q-1;+1/t15?,17-;/m1./s1. The molecule has 0 aromatic heterocycles. The zero-order valence-electron chi connectivity index (χ0n) is 19.0. The molecule has 34 heavy (non-hydrogen) atoms. The Bertz CT molecular complexity index is 802. The fourth-order valence-corrected chi connectivity index (χ4v) is 3.96. The van der Waals surface area contributed by atoms with Crippen molar-refractivity contribution in [2.45, 2.75) is 49.6 Å². The Hall–Kier alpha value is -0.509. The molecule has 1 aromatic carbocycles. The van der Waals surface area contributed by atoms with E-state index in [4.69, 9.17) is 14.2 Å². The number of amides is 1. The molecule has 2 saturated heterocycles. The second-order valence-corrected chi connectivity index (χ2v) is 8.35. The van der Waals surface area contributed by atoms with Crippen LogP contribution in [0.3, 0.4) is 0 Å². The molecule has 186 valence electrons. The van der Waals surface area contributed by atoms with Crippen molar-refractivity contribution in [2.75, 3.05) is 33.4 Å². The Morgan fingerprint density at radius 1 is 1.21 bits per heavy atom. The molecule has 2 fully saturated rings. The van der Waals surface area contributed by atoms with Crippen molar-refractivity contribution in [3.8, 4) is 5.75 Å². The van der Waals surface area contributed by atoms with Crippen molar-refractivity contribution in [1.29, 1.82) is 0 Å². The molecule has 0 aliphatic carbocycles. The second-order valence-electron chi connectivity index (χ2n) is 8.35. The number of halogens is 6. The summed E-state index contributed by atoms with van der Waals surface area (Å²) in [6.07, 6.45) is -8.48. The number of methoxy groups -OCH3 is 1. The van der Waals surface area contributed by atoms with Gasteiger partial charge in [-0.1, -0.05) is 12.1 Å². The Morgan fingerprint density at radius 3 is 2.32 bits per heavy atom. The molecular weight excluding hydrogens is 498 g/mol. The van der Waals surface area contributed by atoms with Crippen LogP contribution in [0.2, 0.25) is 5.82 Å². The number of ether oxygens (including phenoxy) is 4. The summed E-state index contributed by atoms with van der Waals surface area (Å²) in [5, 5.41) is 0. The van der Waals surface area contributed by atoms with Crippen molar-refractivity contribution < 1.29 is 101 Å². The van der Waals surface area contributed by atoms with E-state index < -0.39 is 50.0 Å². The van der Waals surface area contributed by atoms with Crippen molar-refractivity contribution in [2.24, 2.45) is 0 Å². The number of piperidine rings is 1. The topological polar surface area (TPSA) is 57.2 Å². The molecule has 1 unspecified atom stereocenters. The van der Waals surface area contributed by atoms with Crippen LogP contribution in [0.1, 0.15) is 24.8 Å². The van der Waals surface area contributed by atoms with Gasteiger partial charge in [-0.2, -0.15) is 13.2 Å². The van der Waals surface area contributed by atoms with Gasteiger partial charge in [0.15, 0.2) is 0 Å². The van der Waals surface area contributed by atoms with Crippen molar-refractivity contribution in [1.82, 2.24) is 4.90 Å². The van der Waals surface area contributed by atoms with E-state index in [0.717, 1.165) is 4.90 Å². The summed E-state index contributed by atoms with van der Waals surface area (Å²) in [7, 11) is 1.48. The van der Waals surface area contributed by atoms with Crippen LogP contribution in [0.4, 0.5) is 30.9 Å². The first-order valence-electron chi connectivity index (χ1n) is 10.5. The van der Waals surface area contributed by atoms with Crippen LogP contribution < -0.4 is 56.1 Å². The Balaban J connectivity index is 0.00000408. The molecule has 0 saturated carbocycles. The number of hydrogen-bond acceptors (Lipinski definition) is 5. The van der Waals surface area contributed by atoms with Gasteiger partial charge < -0.3 is 36.8 Å². The molecule has 6 nitrogen and oxygen atoms in total. The van der Waals surface area contributed by atoms with Crippen molar-refractivity contribution in [3.05, 3.63) is 29.8 Å². The molecule has 0 radical (unpaired) electrons. The zero-order chi connectivity index (χ0) is 24.3. The van der Waals surface area contributed by atoms with Gasteiger partial charge in [-0.05, 0) is 42.8 Å². The Kier molecular flexibility index (Phi) is 10.6. The number of likely N-dealkylation sites (tertiary alicyclic amines) is 1. The molecule has 2 aliphatic heterocycles. The van der Waals surface area contributed by atoms with Crippen LogP contribution in [-0.4, -0.2) is 69.3 Å². The van der Waals surface area contributed by atoms with Gasteiger partial charge in [-0.3, -0.25) is 0 Å². The summed E-state index contributed by atoms with van der Waals surface area (Å²) < 4.78 is 99.1. The summed E-state index contributed by atoms with van der Waals surface area (Å²) in [6.45, 7) is -6.56. The largest absolute Gasteiger partial charge is 1.00 e. The Labute approximate surface area is 236 Å². The molecule has 1 spiro atoms. The molecule has 2 heterocycles.